The van der Waals surface area contributed by atoms with Gasteiger partial charge in [-0.1, -0.05) is 29.0 Å². The highest BCUT2D eigenvalue weighted by Gasteiger charge is 2.52. The van der Waals surface area contributed by atoms with Crippen LogP contribution in [0.25, 0.3) is 0 Å². The van der Waals surface area contributed by atoms with Crippen molar-refractivity contribution in [3.05, 3.63) is 0 Å². The Bertz CT molecular complexity index is 221. The zero-order chi connectivity index (χ0) is 10.8. The van der Waals surface area contributed by atoms with Crippen molar-refractivity contribution in [3.63, 3.8) is 0 Å². The highest BCUT2D eigenvalue weighted by atomic mass is 127. The lowest BCUT2D eigenvalue weighted by Gasteiger charge is -2.23. The van der Waals surface area contributed by atoms with E-state index in [-0.39, 0.29) is 10.5 Å². The fourth-order valence-corrected chi connectivity index (χ4v) is 2.95. The SMILES string of the molecule is CCOC(=O)C(F)(F)C1CCCC1I. The van der Waals surface area contributed by atoms with Gasteiger partial charge < -0.3 is 4.74 Å². The lowest BCUT2D eigenvalue weighted by Crippen LogP contribution is -2.40. The lowest BCUT2D eigenvalue weighted by molar-refractivity contribution is -0.179. The maximum Gasteiger partial charge on any atom is 0.377 e. The molecule has 2 atom stereocenters. The largest absolute Gasteiger partial charge is 0.462 e. The average Bonchev–Trinajstić information content (AvgIpc) is 2.52. The molecule has 0 saturated heterocycles. The smallest absolute Gasteiger partial charge is 0.377 e. The average molecular weight is 318 g/mol. The van der Waals surface area contributed by atoms with Gasteiger partial charge in [-0.3, -0.25) is 0 Å². The Balaban J connectivity index is 2.67. The van der Waals surface area contributed by atoms with Gasteiger partial charge in [-0.2, -0.15) is 8.78 Å². The molecule has 0 aromatic heterocycles. The van der Waals surface area contributed by atoms with Gasteiger partial charge in [0.05, 0.1) is 6.61 Å². The van der Waals surface area contributed by atoms with Crippen LogP contribution in [0.2, 0.25) is 0 Å². The predicted molar refractivity (Wildman–Crippen MR) is 56.7 cm³/mol. The molecular formula is C9H13F2IO2. The minimum atomic E-state index is -3.31. The van der Waals surface area contributed by atoms with Gasteiger partial charge in [0.25, 0.3) is 0 Å². The van der Waals surface area contributed by atoms with Gasteiger partial charge in [0.15, 0.2) is 0 Å². The van der Waals surface area contributed by atoms with Crippen LogP contribution >= 0.6 is 22.6 Å². The molecule has 2 unspecified atom stereocenters. The molecule has 0 radical (unpaired) electrons. The van der Waals surface area contributed by atoms with Crippen LogP contribution in [-0.2, 0) is 9.53 Å². The van der Waals surface area contributed by atoms with E-state index in [0.717, 1.165) is 12.8 Å². The van der Waals surface area contributed by atoms with E-state index in [0.29, 0.717) is 6.42 Å². The van der Waals surface area contributed by atoms with E-state index in [1.807, 2.05) is 22.6 Å². The summed E-state index contributed by atoms with van der Waals surface area (Å²) in [6.07, 6.45) is 1.95. The molecule has 82 valence electrons. The molecule has 5 heteroatoms. The first-order chi connectivity index (χ1) is 6.50. The number of ether oxygens (including phenoxy) is 1. The topological polar surface area (TPSA) is 26.3 Å². The minimum absolute atomic E-state index is 0.00700. The molecule has 1 fully saturated rings. The number of hydrogen-bond donors (Lipinski definition) is 0. The Morgan fingerprint density at radius 1 is 1.57 bits per heavy atom. The lowest BCUT2D eigenvalue weighted by atomic mass is 10.00. The summed E-state index contributed by atoms with van der Waals surface area (Å²) in [6, 6.07) is 0. The first-order valence-electron chi connectivity index (χ1n) is 4.69. The van der Waals surface area contributed by atoms with Crippen molar-refractivity contribution in [1.82, 2.24) is 0 Å². The third-order valence-electron chi connectivity index (χ3n) is 2.44. The van der Waals surface area contributed by atoms with Gasteiger partial charge in [0, 0.05) is 9.84 Å². The summed E-state index contributed by atoms with van der Waals surface area (Å²) in [6.45, 7) is 1.54. The van der Waals surface area contributed by atoms with E-state index >= 15 is 0 Å². The summed E-state index contributed by atoms with van der Waals surface area (Å²) in [4.78, 5) is 11.0. The first-order valence-corrected chi connectivity index (χ1v) is 5.93. The second kappa shape index (κ2) is 4.72. The normalized spacial score (nSPS) is 27.7. The van der Waals surface area contributed by atoms with Crippen LogP contribution < -0.4 is 0 Å². The number of alkyl halides is 3. The van der Waals surface area contributed by atoms with Crippen molar-refractivity contribution < 1.29 is 18.3 Å². The highest BCUT2D eigenvalue weighted by Crippen LogP contribution is 2.42. The van der Waals surface area contributed by atoms with Gasteiger partial charge in [-0.05, 0) is 19.8 Å². The molecule has 0 N–H and O–H groups in total. The summed E-state index contributed by atoms with van der Waals surface area (Å²) in [5, 5.41) is 0. The molecule has 1 aliphatic carbocycles. The van der Waals surface area contributed by atoms with Gasteiger partial charge in [0.2, 0.25) is 0 Å². The van der Waals surface area contributed by atoms with Crippen LogP contribution in [0.4, 0.5) is 8.78 Å². The number of carbonyl (C=O) groups excluding carboxylic acids is 1. The standard InChI is InChI=1S/C9H13F2IO2/c1-2-14-8(13)9(10,11)6-4-3-5-7(6)12/h6-7H,2-5H2,1H3. The van der Waals surface area contributed by atoms with E-state index in [2.05, 4.69) is 4.74 Å². The molecule has 1 aliphatic rings. The van der Waals surface area contributed by atoms with Crippen molar-refractivity contribution in [2.45, 2.75) is 36.0 Å². The predicted octanol–water partition coefficient (Wildman–Crippen LogP) is 2.79. The number of esters is 1. The van der Waals surface area contributed by atoms with Crippen molar-refractivity contribution in [2.75, 3.05) is 6.61 Å². The quantitative estimate of drug-likeness (QED) is 0.454. The van der Waals surface area contributed by atoms with Gasteiger partial charge in [-0.25, -0.2) is 4.79 Å². The Morgan fingerprint density at radius 2 is 2.21 bits per heavy atom. The highest BCUT2D eigenvalue weighted by molar-refractivity contribution is 14.1. The van der Waals surface area contributed by atoms with Crippen molar-refractivity contribution in [1.29, 1.82) is 0 Å². The number of halogens is 3. The third-order valence-corrected chi connectivity index (χ3v) is 3.94. The number of hydrogen-bond acceptors (Lipinski definition) is 2. The zero-order valence-electron chi connectivity index (χ0n) is 7.93. The van der Waals surface area contributed by atoms with E-state index in [4.69, 9.17) is 0 Å². The van der Waals surface area contributed by atoms with Crippen molar-refractivity contribution in [2.24, 2.45) is 5.92 Å². The van der Waals surface area contributed by atoms with Crippen LogP contribution in [0.5, 0.6) is 0 Å². The molecule has 0 bridgehead atoms. The number of rotatable bonds is 3. The summed E-state index contributed by atoms with van der Waals surface area (Å²) < 4.78 is 31.2. The Hall–Kier alpha value is 0.0600. The third kappa shape index (κ3) is 2.35. The fourth-order valence-electron chi connectivity index (χ4n) is 1.70. The van der Waals surface area contributed by atoms with Crippen LogP contribution in [0.1, 0.15) is 26.2 Å². The Labute approximate surface area is 95.5 Å². The molecule has 2 nitrogen and oxygen atoms in total. The first kappa shape index (κ1) is 12.1. The van der Waals surface area contributed by atoms with Crippen LogP contribution in [0.15, 0.2) is 0 Å². The minimum Gasteiger partial charge on any atom is -0.462 e. The van der Waals surface area contributed by atoms with Crippen LogP contribution in [0.3, 0.4) is 0 Å². The van der Waals surface area contributed by atoms with E-state index in [9.17, 15) is 13.6 Å². The van der Waals surface area contributed by atoms with Crippen molar-refractivity contribution >= 4 is 28.6 Å². The second-order valence-electron chi connectivity index (χ2n) is 3.40. The maximum absolute atomic E-state index is 13.5. The summed E-state index contributed by atoms with van der Waals surface area (Å²) in [5.41, 5.74) is 0. The van der Waals surface area contributed by atoms with Gasteiger partial charge in [-0.15, -0.1) is 0 Å². The molecule has 0 amide bonds. The summed E-state index contributed by atoms with van der Waals surface area (Å²) in [5.74, 6) is -5.52. The van der Waals surface area contributed by atoms with Gasteiger partial charge in [0.1, 0.15) is 0 Å². The molecule has 1 saturated carbocycles. The maximum atomic E-state index is 13.5. The van der Waals surface area contributed by atoms with Gasteiger partial charge >= 0.3 is 11.9 Å². The molecule has 0 spiro atoms. The second-order valence-corrected chi connectivity index (χ2v) is 5.00. The van der Waals surface area contributed by atoms with E-state index in [1.165, 1.54) is 6.92 Å². The van der Waals surface area contributed by atoms with Crippen LogP contribution in [-0.4, -0.2) is 22.4 Å². The monoisotopic (exact) mass is 318 g/mol. The molecule has 0 aromatic rings. The number of carbonyl (C=O) groups is 1. The molecule has 14 heavy (non-hydrogen) atoms. The Kier molecular flexibility index (Phi) is 4.09. The molecule has 0 aliphatic heterocycles. The van der Waals surface area contributed by atoms with E-state index in [1.54, 1.807) is 0 Å². The Morgan fingerprint density at radius 3 is 2.64 bits per heavy atom. The zero-order valence-corrected chi connectivity index (χ0v) is 10.1. The molecule has 0 aromatic carbocycles. The molecule has 1 rings (SSSR count). The molecule has 0 heterocycles. The van der Waals surface area contributed by atoms with E-state index < -0.39 is 17.8 Å². The van der Waals surface area contributed by atoms with Crippen molar-refractivity contribution in [3.8, 4) is 0 Å². The summed E-state index contributed by atoms with van der Waals surface area (Å²) >= 11 is 1.99. The summed E-state index contributed by atoms with van der Waals surface area (Å²) in [7, 11) is 0. The fraction of sp³-hybridized carbons (Fsp3) is 0.889. The molecular weight excluding hydrogens is 305 g/mol. The van der Waals surface area contributed by atoms with Crippen LogP contribution in [0, 0.1) is 5.92 Å².